The molecule has 0 aliphatic heterocycles. The van der Waals surface area contributed by atoms with Crippen molar-refractivity contribution in [1.29, 1.82) is 0 Å². The Labute approximate surface area is 140 Å². The summed E-state index contributed by atoms with van der Waals surface area (Å²) in [4.78, 5) is 0. The monoisotopic (exact) mass is 321 g/mol. The third-order valence-electron chi connectivity index (χ3n) is 5.38. The Bertz CT molecular complexity index is 555. The van der Waals surface area contributed by atoms with Gasteiger partial charge in [-0.3, -0.25) is 0 Å². The van der Waals surface area contributed by atoms with Crippen molar-refractivity contribution < 1.29 is 5.11 Å². The Balaban J connectivity index is 0.00000176. The molecule has 0 amide bonds. The minimum Gasteiger partial charge on any atom is -0.507 e. The maximum atomic E-state index is 10.8. The summed E-state index contributed by atoms with van der Waals surface area (Å²) in [5.41, 5.74) is 5.03. The average Bonchev–Trinajstić information content (AvgIpc) is 2.81. The number of phenols is 1. The lowest BCUT2D eigenvalue weighted by Gasteiger charge is -2.30. The van der Waals surface area contributed by atoms with Gasteiger partial charge in [0.15, 0.2) is 0 Å². The highest BCUT2D eigenvalue weighted by atomic mass is 35.5. The molecule has 2 aliphatic rings. The smallest absolute Gasteiger partial charge is 0.124 e. The zero-order valence-corrected chi connectivity index (χ0v) is 14.5. The fourth-order valence-electron chi connectivity index (χ4n) is 4.64. The van der Waals surface area contributed by atoms with Crippen LogP contribution < -0.4 is 5.32 Å². The lowest BCUT2D eigenvalue weighted by atomic mass is 9.77. The Morgan fingerprint density at radius 2 is 2.05 bits per heavy atom. The van der Waals surface area contributed by atoms with Gasteiger partial charge in [0.25, 0.3) is 0 Å². The van der Waals surface area contributed by atoms with Gasteiger partial charge in [-0.25, -0.2) is 0 Å². The van der Waals surface area contributed by atoms with Crippen molar-refractivity contribution in [2.45, 2.75) is 57.9 Å². The molecule has 3 heteroatoms. The van der Waals surface area contributed by atoms with E-state index in [1.54, 1.807) is 0 Å². The molecule has 22 heavy (non-hydrogen) atoms. The number of fused-ring (bicyclic) bond motifs is 3. The minimum absolute atomic E-state index is 0. The second-order valence-corrected chi connectivity index (χ2v) is 6.61. The topological polar surface area (TPSA) is 32.3 Å². The van der Waals surface area contributed by atoms with Crippen molar-refractivity contribution in [3.8, 4) is 5.75 Å². The van der Waals surface area contributed by atoms with E-state index in [9.17, 15) is 5.11 Å². The molecule has 3 rings (SSSR count). The average molecular weight is 322 g/mol. The molecule has 0 bridgehead atoms. The van der Waals surface area contributed by atoms with Crippen LogP contribution in [0.15, 0.2) is 18.7 Å². The van der Waals surface area contributed by atoms with Crippen molar-refractivity contribution >= 4 is 12.4 Å². The summed E-state index contributed by atoms with van der Waals surface area (Å²) < 4.78 is 0. The van der Waals surface area contributed by atoms with Gasteiger partial charge in [-0.05, 0) is 61.3 Å². The van der Waals surface area contributed by atoms with E-state index in [-0.39, 0.29) is 12.4 Å². The Morgan fingerprint density at radius 1 is 1.32 bits per heavy atom. The van der Waals surface area contributed by atoms with Crippen LogP contribution in [-0.4, -0.2) is 11.7 Å². The first-order valence-corrected chi connectivity index (χ1v) is 8.38. The number of allylic oxidation sites excluding steroid dienone is 1. The normalized spacial score (nSPS) is 26.0. The standard InChI is InChI=1S/C19H27NO.ClH/c1-4-8-13-11-12(3)16-14-9-6-7-10-15(14)18(20-5-2)17(16)19(13)21;/h4,11,14-15,18,20-21H,1,5-10H2,2-3H3;1H. The number of aryl methyl sites for hydroxylation is 1. The van der Waals surface area contributed by atoms with E-state index in [1.165, 1.54) is 42.4 Å². The maximum Gasteiger partial charge on any atom is 0.124 e. The third-order valence-corrected chi connectivity index (χ3v) is 5.38. The molecule has 1 aromatic carbocycles. The second-order valence-electron chi connectivity index (χ2n) is 6.61. The summed E-state index contributed by atoms with van der Waals surface area (Å²) in [6, 6.07) is 2.51. The molecular weight excluding hydrogens is 294 g/mol. The van der Waals surface area contributed by atoms with E-state index in [1.807, 2.05) is 6.08 Å². The van der Waals surface area contributed by atoms with Gasteiger partial charge in [-0.15, -0.1) is 19.0 Å². The molecule has 2 aliphatic carbocycles. The first-order valence-electron chi connectivity index (χ1n) is 8.38. The van der Waals surface area contributed by atoms with Crippen LogP contribution in [0.4, 0.5) is 0 Å². The molecule has 0 spiro atoms. The molecule has 3 unspecified atom stereocenters. The first-order chi connectivity index (χ1) is 10.2. The van der Waals surface area contributed by atoms with Crippen LogP contribution in [0.5, 0.6) is 5.75 Å². The van der Waals surface area contributed by atoms with Crippen LogP contribution in [0, 0.1) is 12.8 Å². The van der Waals surface area contributed by atoms with Gasteiger partial charge >= 0.3 is 0 Å². The van der Waals surface area contributed by atoms with Crippen LogP contribution in [0.2, 0.25) is 0 Å². The van der Waals surface area contributed by atoms with Crippen molar-refractivity contribution in [2.24, 2.45) is 5.92 Å². The lowest BCUT2D eigenvalue weighted by molar-refractivity contribution is 0.263. The number of rotatable bonds is 4. The van der Waals surface area contributed by atoms with E-state index >= 15 is 0 Å². The summed E-state index contributed by atoms with van der Waals surface area (Å²) in [5.74, 6) is 1.83. The molecule has 2 N–H and O–H groups in total. The SMILES string of the molecule is C=CCc1cc(C)c2c(c1O)C(NCC)C1CCCCC21.Cl. The van der Waals surface area contributed by atoms with Crippen molar-refractivity contribution in [3.05, 3.63) is 41.0 Å². The fraction of sp³-hybridized carbons (Fsp3) is 0.579. The van der Waals surface area contributed by atoms with Crippen LogP contribution in [0.1, 0.15) is 66.8 Å². The predicted molar refractivity (Wildman–Crippen MR) is 95.1 cm³/mol. The Kier molecular flexibility index (Phi) is 5.57. The van der Waals surface area contributed by atoms with E-state index in [0.29, 0.717) is 23.6 Å². The van der Waals surface area contributed by atoms with Crippen molar-refractivity contribution in [3.63, 3.8) is 0 Å². The summed E-state index contributed by atoms with van der Waals surface area (Å²) in [6.07, 6.45) is 7.84. The molecule has 0 aromatic heterocycles. The van der Waals surface area contributed by atoms with E-state index in [0.717, 1.165) is 18.5 Å². The van der Waals surface area contributed by atoms with Gasteiger partial charge in [0, 0.05) is 11.6 Å². The summed E-state index contributed by atoms with van der Waals surface area (Å²) in [7, 11) is 0. The molecule has 1 fully saturated rings. The molecule has 122 valence electrons. The lowest BCUT2D eigenvalue weighted by Crippen LogP contribution is -2.28. The number of phenolic OH excluding ortho intramolecular Hbond substituents is 1. The summed E-state index contributed by atoms with van der Waals surface area (Å²) in [5, 5.41) is 14.5. The summed E-state index contributed by atoms with van der Waals surface area (Å²) in [6.45, 7) is 9.15. The molecular formula is C19H28ClNO. The molecule has 0 radical (unpaired) electrons. The van der Waals surface area contributed by atoms with Gasteiger partial charge in [0.05, 0.1) is 0 Å². The number of halogens is 1. The van der Waals surface area contributed by atoms with E-state index in [2.05, 4.69) is 31.8 Å². The number of hydrogen-bond acceptors (Lipinski definition) is 2. The second kappa shape index (κ2) is 7.06. The maximum absolute atomic E-state index is 10.8. The number of nitrogens with one attached hydrogen (secondary N) is 1. The van der Waals surface area contributed by atoms with Crippen LogP contribution in [0.25, 0.3) is 0 Å². The molecule has 2 nitrogen and oxygen atoms in total. The highest BCUT2D eigenvalue weighted by Gasteiger charge is 2.44. The van der Waals surface area contributed by atoms with Crippen LogP contribution in [-0.2, 0) is 6.42 Å². The van der Waals surface area contributed by atoms with Gasteiger partial charge in [0.2, 0.25) is 0 Å². The zero-order valence-electron chi connectivity index (χ0n) is 13.7. The van der Waals surface area contributed by atoms with Gasteiger partial charge in [0.1, 0.15) is 5.75 Å². The zero-order chi connectivity index (χ0) is 15.0. The number of hydrogen-bond donors (Lipinski definition) is 2. The fourth-order valence-corrected chi connectivity index (χ4v) is 4.64. The molecule has 1 saturated carbocycles. The largest absolute Gasteiger partial charge is 0.507 e. The molecule has 0 heterocycles. The first kappa shape index (κ1) is 17.4. The predicted octanol–water partition coefficient (Wildman–Crippen LogP) is 4.79. The molecule has 3 atom stereocenters. The van der Waals surface area contributed by atoms with Crippen LogP contribution in [0.3, 0.4) is 0 Å². The minimum atomic E-state index is 0. The highest BCUT2D eigenvalue weighted by molar-refractivity contribution is 5.85. The number of aromatic hydroxyl groups is 1. The van der Waals surface area contributed by atoms with Gasteiger partial charge in [-0.2, -0.15) is 0 Å². The van der Waals surface area contributed by atoms with E-state index in [4.69, 9.17) is 0 Å². The van der Waals surface area contributed by atoms with Crippen molar-refractivity contribution in [1.82, 2.24) is 5.32 Å². The quantitative estimate of drug-likeness (QED) is 0.781. The Morgan fingerprint density at radius 3 is 2.73 bits per heavy atom. The van der Waals surface area contributed by atoms with Crippen LogP contribution >= 0.6 is 12.4 Å². The third kappa shape index (κ3) is 2.68. The highest BCUT2D eigenvalue weighted by Crippen LogP contribution is 2.56. The van der Waals surface area contributed by atoms with E-state index < -0.39 is 0 Å². The number of benzene rings is 1. The molecule has 0 saturated heterocycles. The summed E-state index contributed by atoms with van der Waals surface area (Å²) >= 11 is 0. The Hall–Kier alpha value is -0.990. The molecule has 1 aromatic rings. The van der Waals surface area contributed by atoms with Crippen molar-refractivity contribution in [2.75, 3.05) is 6.54 Å². The van der Waals surface area contributed by atoms with Gasteiger partial charge < -0.3 is 10.4 Å². The van der Waals surface area contributed by atoms with Gasteiger partial charge in [-0.1, -0.05) is 31.9 Å².